The van der Waals surface area contributed by atoms with E-state index < -0.39 is 0 Å². The molecule has 1 heterocycles. The predicted molar refractivity (Wildman–Crippen MR) is 89.6 cm³/mol. The van der Waals surface area contributed by atoms with E-state index in [4.69, 9.17) is 0 Å². The van der Waals surface area contributed by atoms with Crippen molar-refractivity contribution in [1.82, 2.24) is 10.3 Å². The van der Waals surface area contributed by atoms with Gasteiger partial charge < -0.3 is 5.32 Å². The maximum Gasteiger partial charge on any atom is 0.0451 e. The van der Waals surface area contributed by atoms with Gasteiger partial charge in [0.2, 0.25) is 0 Å². The minimum absolute atomic E-state index is 0.332. The van der Waals surface area contributed by atoms with Crippen LogP contribution < -0.4 is 5.32 Å². The summed E-state index contributed by atoms with van der Waals surface area (Å²) >= 11 is 0. The number of aromatic nitrogens is 1. The first-order chi connectivity index (χ1) is 10.1. The molecule has 21 heavy (non-hydrogen) atoms. The Morgan fingerprint density at radius 1 is 1.05 bits per heavy atom. The Balaban J connectivity index is 2.30. The fourth-order valence-electron chi connectivity index (χ4n) is 2.69. The van der Waals surface area contributed by atoms with E-state index in [0.29, 0.717) is 6.04 Å². The highest BCUT2D eigenvalue weighted by atomic mass is 14.9. The summed E-state index contributed by atoms with van der Waals surface area (Å²) in [6.07, 6.45) is 3.97. The topological polar surface area (TPSA) is 24.9 Å². The molecule has 2 nitrogen and oxygen atoms in total. The van der Waals surface area contributed by atoms with Crippen molar-refractivity contribution in [3.05, 3.63) is 64.5 Å². The molecule has 0 spiro atoms. The van der Waals surface area contributed by atoms with Crippen LogP contribution in [0.3, 0.4) is 0 Å². The summed E-state index contributed by atoms with van der Waals surface area (Å²) in [7, 11) is 0. The van der Waals surface area contributed by atoms with E-state index in [1.165, 1.54) is 27.9 Å². The number of benzene rings is 1. The van der Waals surface area contributed by atoms with Crippen molar-refractivity contribution in [2.24, 2.45) is 0 Å². The van der Waals surface area contributed by atoms with Crippen LogP contribution in [0.1, 0.15) is 47.3 Å². The molecule has 0 fully saturated rings. The van der Waals surface area contributed by atoms with Crippen molar-refractivity contribution in [3.63, 3.8) is 0 Å². The Morgan fingerprint density at radius 2 is 1.81 bits per heavy atom. The standard InChI is InChI=1S/C19H26N2/c1-5-11-20-19(13-18-15(3)9-7-12-21-18)17-10-6-8-14(2)16(17)4/h6-10,12,19-20H,5,11,13H2,1-4H3. The van der Waals surface area contributed by atoms with Crippen LogP contribution in [-0.4, -0.2) is 11.5 Å². The van der Waals surface area contributed by atoms with Crippen molar-refractivity contribution in [2.45, 2.75) is 46.6 Å². The molecule has 2 aromatic rings. The number of hydrogen-bond donors (Lipinski definition) is 1. The number of aryl methyl sites for hydroxylation is 2. The van der Waals surface area contributed by atoms with Gasteiger partial charge in [0.15, 0.2) is 0 Å². The van der Waals surface area contributed by atoms with E-state index in [1.54, 1.807) is 0 Å². The maximum atomic E-state index is 4.56. The van der Waals surface area contributed by atoms with E-state index >= 15 is 0 Å². The van der Waals surface area contributed by atoms with Crippen molar-refractivity contribution in [3.8, 4) is 0 Å². The number of pyridine rings is 1. The van der Waals surface area contributed by atoms with Crippen molar-refractivity contribution in [2.75, 3.05) is 6.54 Å². The van der Waals surface area contributed by atoms with Crippen LogP contribution in [0.15, 0.2) is 36.5 Å². The molecule has 0 aliphatic heterocycles. The molecule has 0 aliphatic rings. The van der Waals surface area contributed by atoms with Gasteiger partial charge in [0.1, 0.15) is 0 Å². The first kappa shape index (κ1) is 15.7. The Hall–Kier alpha value is -1.67. The molecule has 0 aliphatic carbocycles. The van der Waals surface area contributed by atoms with Gasteiger partial charge in [-0.2, -0.15) is 0 Å². The minimum Gasteiger partial charge on any atom is -0.310 e. The van der Waals surface area contributed by atoms with E-state index in [1.807, 2.05) is 12.3 Å². The molecule has 1 aromatic heterocycles. The highest BCUT2D eigenvalue weighted by Crippen LogP contribution is 2.24. The Kier molecular flexibility index (Phi) is 5.51. The van der Waals surface area contributed by atoms with Crippen LogP contribution in [0.5, 0.6) is 0 Å². The van der Waals surface area contributed by atoms with Gasteiger partial charge >= 0.3 is 0 Å². The molecule has 1 aromatic carbocycles. The summed E-state index contributed by atoms with van der Waals surface area (Å²) in [4.78, 5) is 4.56. The number of nitrogens with zero attached hydrogens (tertiary/aromatic N) is 1. The Labute approximate surface area is 128 Å². The third-order valence-electron chi connectivity index (χ3n) is 4.18. The van der Waals surface area contributed by atoms with Crippen LogP contribution >= 0.6 is 0 Å². The molecule has 112 valence electrons. The molecule has 2 rings (SSSR count). The van der Waals surface area contributed by atoms with Crippen LogP contribution in [-0.2, 0) is 6.42 Å². The van der Waals surface area contributed by atoms with Gasteiger partial charge in [-0.15, -0.1) is 0 Å². The maximum absolute atomic E-state index is 4.56. The molecule has 0 amide bonds. The second-order valence-corrected chi connectivity index (χ2v) is 5.77. The average molecular weight is 282 g/mol. The monoisotopic (exact) mass is 282 g/mol. The zero-order valence-electron chi connectivity index (χ0n) is 13.6. The molecule has 1 unspecified atom stereocenters. The van der Waals surface area contributed by atoms with Crippen LogP contribution in [0.25, 0.3) is 0 Å². The van der Waals surface area contributed by atoms with Crippen molar-refractivity contribution >= 4 is 0 Å². The minimum atomic E-state index is 0.332. The lowest BCUT2D eigenvalue weighted by Crippen LogP contribution is -2.25. The number of rotatable bonds is 6. The Morgan fingerprint density at radius 3 is 2.52 bits per heavy atom. The molecular formula is C19H26N2. The zero-order valence-corrected chi connectivity index (χ0v) is 13.6. The van der Waals surface area contributed by atoms with Gasteiger partial charge in [-0.1, -0.05) is 31.2 Å². The quantitative estimate of drug-likeness (QED) is 0.855. The highest BCUT2D eigenvalue weighted by molar-refractivity contribution is 5.36. The van der Waals surface area contributed by atoms with Crippen molar-refractivity contribution < 1.29 is 0 Å². The normalized spacial score (nSPS) is 12.4. The largest absolute Gasteiger partial charge is 0.310 e. The van der Waals surface area contributed by atoms with Gasteiger partial charge in [-0.3, -0.25) is 4.98 Å². The molecule has 0 bridgehead atoms. The molecule has 1 N–H and O–H groups in total. The van der Waals surface area contributed by atoms with E-state index in [9.17, 15) is 0 Å². The summed E-state index contributed by atoms with van der Waals surface area (Å²) in [5.41, 5.74) is 6.60. The lowest BCUT2D eigenvalue weighted by Gasteiger charge is -2.22. The highest BCUT2D eigenvalue weighted by Gasteiger charge is 2.16. The van der Waals surface area contributed by atoms with Gasteiger partial charge in [-0.05, 0) is 62.1 Å². The average Bonchev–Trinajstić information content (AvgIpc) is 2.48. The summed E-state index contributed by atoms with van der Waals surface area (Å²) in [5, 5.41) is 3.69. The zero-order chi connectivity index (χ0) is 15.2. The number of hydrogen-bond acceptors (Lipinski definition) is 2. The fraction of sp³-hybridized carbons (Fsp3) is 0.421. The molecule has 2 heteroatoms. The molecule has 0 saturated heterocycles. The number of nitrogens with one attached hydrogen (secondary N) is 1. The van der Waals surface area contributed by atoms with Gasteiger partial charge in [-0.25, -0.2) is 0 Å². The lowest BCUT2D eigenvalue weighted by molar-refractivity contribution is 0.521. The molecule has 0 saturated carbocycles. The Bertz CT molecular complexity index is 590. The first-order valence-electron chi connectivity index (χ1n) is 7.83. The summed E-state index contributed by atoms with van der Waals surface area (Å²) in [5.74, 6) is 0. The lowest BCUT2D eigenvalue weighted by atomic mass is 9.93. The summed E-state index contributed by atoms with van der Waals surface area (Å²) in [6.45, 7) is 9.78. The van der Waals surface area contributed by atoms with Crippen LogP contribution in [0.2, 0.25) is 0 Å². The van der Waals surface area contributed by atoms with Crippen LogP contribution in [0.4, 0.5) is 0 Å². The first-order valence-corrected chi connectivity index (χ1v) is 7.83. The third kappa shape index (κ3) is 3.92. The van der Waals surface area contributed by atoms with Gasteiger partial charge in [0, 0.05) is 24.4 Å². The summed E-state index contributed by atoms with van der Waals surface area (Å²) < 4.78 is 0. The van der Waals surface area contributed by atoms with Crippen molar-refractivity contribution in [1.29, 1.82) is 0 Å². The van der Waals surface area contributed by atoms with Gasteiger partial charge in [0.05, 0.1) is 0 Å². The fourth-order valence-corrected chi connectivity index (χ4v) is 2.69. The molecule has 0 radical (unpaired) electrons. The second-order valence-electron chi connectivity index (χ2n) is 5.77. The van der Waals surface area contributed by atoms with E-state index in [0.717, 1.165) is 19.4 Å². The summed E-state index contributed by atoms with van der Waals surface area (Å²) in [6, 6.07) is 11.1. The van der Waals surface area contributed by atoms with Crippen LogP contribution in [0, 0.1) is 20.8 Å². The van der Waals surface area contributed by atoms with Gasteiger partial charge in [0.25, 0.3) is 0 Å². The SMILES string of the molecule is CCCNC(Cc1ncccc1C)c1cccc(C)c1C. The third-order valence-corrected chi connectivity index (χ3v) is 4.18. The van der Waals surface area contributed by atoms with E-state index in [2.05, 4.69) is 62.3 Å². The second kappa shape index (κ2) is 7.37. The molecule has 1 atom stereocenters. The van der Waals surface area contributed by atoms with E-state index in [-0.39, 0.29) is 0 Å². The smallest absolute Gasteiger partial charge is 0.0451 e. The molecular weight excluding hydrogens is 256 g/mol. The predicted octanol–water partition coefficient (Wildman–Crippen LogP) is 4.29.